The fourth-order valence-corrected chi connectivity index (χ4v) is 3.70. The molecule has 1 aromatic carbocycles. The first-order valence-electron chi connectivity index (χ1n) is 8.67. The molecular formula is C20H22N2O. The summed E-state index contributed by atoms with van der Waals surface area (Å²) < 4.78 is 0. The zero-order valence-corrected chi connectivity index (χ0v) is 13.3. The molecule has 0 aliphatic heterocycles. The molecule has 4 rings (SSSR count). The lowest BCUT2D eigenvalue weighted by Crippen LogP contribution is -2.39. The standard InChI is InChI=1S/C20H22N2O/c23-19(22(18-11-12-18)17-8-1-2-9-17)13-10-16-6-3-5-15-7-4-14-21-20(15)16/h3-7,10,13-14,17-18H,1-2,8-9,11-12H2/b13-10+. The van der Waals surface area contributed by atoms with E-state index >= 15 is 0 Å². The Kier molecular flexibility index (Phi) is 3.86. The zero-order chi connectivity index (χ0) is 15.6. The molecule has 2 aromatic rings. The number of carbonyl (C=O) groups excluding carboxylic acids is 1. The van der Waals surface area contributed by atoms with Crippen molar-refractivity contribution in [1.29, 1.82) is 0 Å². The molecule has 0 radical (unpaired) electrons. The predicted octanol–water partition coefficient (Wildman–Crippen LogP) is 4.18. The molecule has 2 aliphatic rings. The van der Waals surface area contributed by atoms with Crippen LogP contribution in [-0.2, 0) is 4.79 Å². The molecule has 23 heavy (non-hydrogen) atoms. The van der Waals surface area contributed by atoms with E-state index in [9.17, 15) is 4.79 Å². The van der Waals surface area contributed by atoms with Crippen LogP contribution in [0.5, 0.6) is 0 Å². The molecule has 3 heteroatoms. The number of amides is 1. The second kappa shape index (κ2) is 6.15. The summed E-state index contributed by atoms with van der Waals surface area (Å²) in [7, 11) is 0. The van der Waals surface area contributed by atoms with Gasteiger partial charge in [-0.15, -0.1) is 0 Å². The summed E-state index contributed by atoms with van der Waals surface area (Å²) in [6.07, 6.45) is 12.7. The van der Waals surface area contributed by atoms with Crippen LogP contribution in [0.4, 0.5) is 0 Å². The van der Waals surface area contributed by atoms with E-state index in [-0.39, 0.29) is 5.91 Å². The van der Waals surface area contributed by atoms with Crippen molar-refractivity contribution in [1.82, 2.24) is 9.88 Å². The summed E-state index contributed by atoms with van der Waals surface area (Å²) >= 11 is 0. The van der Waals surface area contributed by atoms with Crippen LogP contribution in [0.3, 0.4) is 0 Å². The monoisotopic (exact) mass is 306 g/mol. The Balaban J connectivity index is 1.57. The minimum atomic E-state index is 0.173. The molecule has 1 aromatic heterocycles. The van der Waals surface area contributed by atoms with Crippen LogP contribution in [0.1, 0.15) is 44.1 Å². The van der Waals surface area contributed by atoms with Crippen LogP contribution in [-0.4, -0.2) is 27.9 Å². The van der Waals surface area contributed by atoms with Crippen molar-refractivity contribution in [2.75, 3.05) is 0 Å². The topological polar surface area (TPSA) is 33.2 Å². The lowest BCUT2D eigenvalue weighted by molar-refractivity contribution is -0.128. The van der Waals surface area contributed by atoms with Crippen molar-refractivity contribution in [3.63, 3.8) is 0 Å². The fraction of sp³-hybridized carbons (Fsp3) is 0.400. The smallest absolute Gasteiger partial charge is 0.247 e. The summed E-state index contributed by atoms with van der Waals surface area (Å²) in [5, 5.41) is 1.11. The fourth-order valence-electron chi connectivity index (χ4n) is 3.70. The summed E-state index contributed by atoms with van der Waals surface area (Å²) in [6, 6.07) is 11.0. The largest absolute Gasteiger partial charge is 0.333 e. The number of carbonyl (C=O) groups is 1. The second-order valence-electron chi connectivity index (χ2n) is 6.67. The number of rotatable bonds is 4. The van der Waals surface area contributed by atoms with Crippen molar-refractivity contribution < 1.29 is 4.79 Å². The lowest BCUT2D eigenvalue weighted by atomic mass is 10.1. The molecule has 0 unspecified atom stereocenters. The summed E-state index contributed by atoms with van der Waals surface area (Å²) in [5.74, 6) is 0.173. The number of pyridine rings is 1. The highest BCUT2D eigenvalue weighted by molar-refractivity contribution is 5.95. The Bertz CT molecular complexity index is 737. The molecule has 1 amide bonds. The highest BCUT2D eigenvalue weighted by Gasteiger charge is 2.37. The summed E-state index contributed by atoms with van der Waals surface area (Å²) in [6.45, 7) is 0. The van der Waals surface area contributed by atoms with E-state index in [0.717, 1.165) is 16.5 Å². The average Bonchev–Trinajstić information content (AvgIpc) is 3.27. The van der Waals surface area contributed by atoms with Crippen molar-refractivity contribution in [2.24, 2.45) is 0 Å². The summed E-state index contributed by atoms with van der Waals surface area (Å²) in [5.41, 5.74) is 1.97. The number of fused-ring (bicyclic) bond motifs is 1. The minimum Gasteiger partial charge on any atom is -0.333 e. The van der Waals surface area contributed by atoms with Gasteiger partial charge in [-0.2, -0.15) is 0 Å². The van der Waals surface area contributed by atoms with E-state index in [2.05, 4.69) is 22.0 Å². The van der Waals surface area contributed by atoms with Gasteiger partial charge >= 0.3 is 0 Å². The third-order valence-corrected chi connectivity index (χ3v) is 4.98. The van der Waals surface area contributed by atoms with E-state index < -0.39 is 0 Å². The molecule has 3 nitrogen and oxygen atoms in total. The number of nitrogens with zero attached hydrogens (tertiary/aromatic N) is 2. The first-order valence-corrected chi connectivity index (χ1v) is 8.67. The van der Waals surface area contributed by atoms with Crippen molar-refractivity contribution >= 4 is 22.9 Å². The minimum absolute atomic E-state index is 0.173. The third-order valence-electron chi connectivity index (χ3n) is 4.98. The Morgan fingerprint density at radius 2 is 1.78 bits per heavy atom. The van der Waals surface area contributed by atoms with E-state index in [4.69, 9.17) is 0 Å². The molecule has 0 bridgehead atoms. The van der Waals surface area contributed by atoms with Crippen LogP contribution in [0.2, 0.25) is 0 Å². The predicted molar refractivity (Wildman–Crippen MR) is 92.9 cm³/mol. The Morgan fingerprint density at radius 3 is 2.57 bits per heavy atom. The van der Waals surface area contributed by atoms with Gasteiger partial charge in [0.25, 0.3) is 0 Å². The maximum absolute atomic E-state index is 12.7. The number of hydrogen-bond acceptors (Lipinski definition) is 2. The molecule has 2 fully saturated rings. The normalized spacial score (nSPS) is 18.8. The van der Waals surface area contributed by atoms with Crippen LogP contribution < -0.4 is 0 Å². The molecule has 0 atom stereocenters. The molecule has 2 aliphatic carbocycles. The van der Waals surface area contributed by atoms with Crippen LogP contribution in [0.15, 0.2) is 42.6 Å². The van der Waals surface area contributed by atoms with Gasteiger partial charge in [-0.1, -0.05) is 37.1 Å². The number of hydrogen-bond donors (Lipinski definition) is 0. The SMILES string of the molecule is O=C(/C=C/c1cccc2cccnc12)N(C1CCCC1)C1CC1. The highest BCUT2D eigenvalue weighted by Crippen LogP contribution is 2.34. The van der Waals surface area contributed by atoms with Gasteiger partial charge in [-0.3, -0.25) is 9.78 Å². The van der Waals surface area contributed by atoms with Crippen LogP contribution in [0.25, 0.3) is 17.0 Å². The van der Waals surface area contributed by atoms with E-state index in [1.807, 2.05) is 24.3 Å². The first kappa shape index (κ1) is 14.4. The average molecular weight is 306 g/mol. The Hall–Kier alpha value is -2.16. The van der Waals surface area contributed by atoms with E-state index in [0.29, 0.717) is 12.1 Å². The van der Waals surface area contributed by atoms with Crippen molar-refractivity contribution in [2.45, 2.75) is 50.6 Å². The molecule has 118 valence electrons. The van der Waals surface area contributed by atoms with Crippen LogP contribution in [0, 0.1) is 0 Å². The first-order chi connectivity index (χ1) is 11.3. The molecule has 1 heterocycles. The molecule has 0 saturated heterocycles. The molecular weight excluding hydrogens is 284 g/mol. The number of para-hydroxylation sites is 1. The van der Waals surface area contributed by atoms with E-state index in [1.54, 1.807) is 12.3 Å². The second-order valence-corrected chi connectivity index (χ2v) is 6.67. The quantitative estimate of drug-likeness (QED) is 0.794. The van der Waals surface area contributed by atoms with Gasteiger partial charge in [0.05, 0.1) is 5.52 Å². The van der Waals surface area contributed by atoms with Crippen molar-refractivity contribution in [3.8, 4) is 0 Å². The van der Waals surface area contributed by atoms with Gasteiger partial charge in [0.2, 0.25) is 5.91 Å². The number of aromatic nitrogens is 1. The van der Waals surface area contributed by atoms with Gasteiger partial charge in [-0.05, 0) is 37.8 Å². The van der Waals surface area contributed by atoms with Gasteiger partial charge in [0.15, 0.2) is 0 Å². The maximum atomic E-state index is 12.7. The van der Waals surface area contributed by atoms with Crippen LogP contribution >= 0.6 is 0 Å². The lowest BCUT2D eigenvalue weighted by Gasteiger charge is -2.28. The highest BCUT2D eigenvalue weighted by atomic mass is 16.2. The Labute approximate surface area is 137 Å². The third kappa shape index (κ3) is 3.00. The maximum Gasteiger partial charge on any atom is 0.247 e. The Morgan fingerprint density at radius 1 is 1.04 bits per heavy atom. The number of benzene rings is 1. The molecule has 0 spiro atoms. The summed E-state index contributed by atoms with van der Waals surface area (Å²) in [4.78, 5) is 19.3. The van der Waals surface area contributed by atoms with Crippen molar-refractivity contribution in [3.05, 3.63) is 48.2 Å². The molecule has 2 saturated carbocycles. The van der Waals surface area contributed by atoms with Gasteiger partial charge in [0.1, 0.15) is 0 Å². The van der Waals surface area contributed by atoms with Gasteiger partial charge in [0, 0.05) is 35.3 Å². The van der Waals surface area contributed by atoms with E-state index in [1.165, 1.54) is 38.5 Å². The molecule has 0 N–H and O–H groups in total. The van der Waals surface area contributed by atoms with Gasteiger partial charge < -0.3 is 4.90 Å². The van der Waals surface area contributed by atoms with Gasteiger partial charge in [-0.25, -0.2) is 0 Å². The zero-order valence-electron chi connectivity index (χ0n) is 13.3.